The minimum Gasteiger partial charge on any atom is -0.383 e. The summed E-state index contributed by atoms with van der Waals surface area (Å²) in [5.74, 6) is 0.0380. The summed E-state index contributed by atoms with van der Waals surface area (Å²) < 4.78 is 0. The standard InChI is InChI=1S/C23H33N3O/c1-6-26(7-2)15-14-25-21-13-12-19(16-22(27)24-5)18(4)23(21)20-11-9-8-10-17(20)3/h8-13,25H,6-7,14-16H2,1-5H3,(H,24,27). The lowest BCUT2D eigenvalue weighted by molar-refractivity contribution is -0.119. The average Bonchev–Trinajstić information content (AvgIpc) is 2.68. The first-order valence-electron chi connectivity index (χ1n) is 9.87. The quantitative estimate of drug-likeness (QED) is 0.704. The minimum absolute atomic E-state index is 0.0380. The number of likely N-dealkylation sites (N-methyl/N-ethyl adjacent to an activating group) is 2. The zero-order valence-electron chi connectivity index (χ0n) is 17.4. The lowest BCUT2D eigenvalue weighted by Gasteiger charge is -2.22. The zero-order valence-corrected chi connectivity index (χ0v) is 17.4. The van der Waals surface area contributed by atoms with Crippen molar-refractivity contribution in [3.63, 3.8) is 0 Å². The number of hydrogen-bond acceptors (Lipinski definition) is 3. The molecule has 0 heterocycles. The van der Waals surface area contributed by atoms with E-state index in [1.807, 2.05) is 0 Å². The van der Waals surface area contributed by atoms with Crippen LogP contribution in [0.1, 0.15) is 30.5 Å². The third-order valence-electron chi connectivity index (χ3n) is 5.26. The van der Waals surface area contributed by atoms with Crippen molar-refractivity contribution in [2.45, 2.75) is 34.1 Å². The number of aryl methyl sites for hydroxylation is 1. The van der Waals surface area contributed by atoms with Crippen LogP contribution in [0.15, 0.2) is 36.4 Å². The van der Waals surface area contributed by atoms with Crippen LogP contribution in [0.25, 0.3) is 11.1 Å². The van der Waals surface area contributed by atoms with Crippen molar-refractivity contribution in [1.82, 2.24) is 10.2 Å². The largest absolute Gasteiger partial charge is 0.383 e. The highest BCUT2D eigenvalue weighted by Gasteiger charge is 2.15. The number of nitrogens with one attached hydrogen (secondary N) is 2. The maximum absolute atomic E-state index is 11.9. The third kappa shape index (κ3) is 5.33. The Hall–Kier alpha value is -2.33. The molecular weight excluding hydrogens is 334 g/mol. The first-order valence-corrected chi connectivity index (χ1v) is 9.87. The average molecular weight is 368 g/mol. The van der Waals surface area contributed by atoms with Gasteiger partial charge in [0.05, 0.1) is 6.42 Å². The van der Waals surface area contributed by atoms with Crippen LogP contribution < -0.4 is 10.6 Å². The van der Waals surface area contributed by atoms with E-state index < -0.39 is 0 Å². The number of carbonyl (C=O) groups is 1. The summed E-state index contributed by atoms with van der Waals surface area (Å²) >= 11 is 0. The van der Waals surface area contributed by atoms with Gasteiger partial charge in [-0.1, -0.05) is 44.2 Å². The van der Waals surface area contributed by atoms with Crippen molar-refractivity contribution in [2.75, 3.05) is 38.5 Å². The number of anilines is 1. The molecule has 0 bridgehead atoms. The molecule has 0 unspecified atom stereocenters. The molecule has 2 aromatic carbocycles. The van der Waals surface area contributed by atoms with E-state index in [0.717, 1.165) is 37.4 Å². The summed E-state index contributed by atoms with van der Waals surface area (Å²) in [4.78, 5) is 14.3. The van der Waals surface area contributed by atoms with Crippen molar-refractivity contribution in [1.29, 1.82) is 0 Å². The monoisotopic (exact) mass is 367 g/mol. The van der Waals surface area contributed by atoms with E-state index in [1.54, 1.807) is 7.05 Å². The van der Waals surface area contributed by atoms with Crippen LogP contribution in [0.2, 0.25) is 0 Å². The second kappa shape index (κ2) is 10.1. The third-order valence-corrected chi connectivity index (χ3v) is 5.26. The van der Waals surface area contributed by atoms with Crippen molar-refractivity contribution >= 4 is 11.6 Å². The van der Waals surface area contributed by atoms with E-state index in [0.29, 0.717) is 6.42 Å². The SMILES string of the molecule is CCN(CC)CCNc1ccc(CC(=O)NC)c(C)c1-c1ccccc1C. The summed E-state index contributed by atoms with van der Waals surface area (Å²) in [6.45, 7) is 12.7. The number of carbonyl (C=O) groups excluding carboxylic acids is 1. The molecular formula is C23H33N3O. The molecule has 0 saturated heterocycles. The predicted molar refractivity (Wildman–Crippen MR) is 115 cm³/mol. The maximum atomic E-state index is 11.9. The molecule has 2 rings (SSSR count). The molecule has 0 aromatic heterocycles. The number of rotatable bonds is 9. The Bertz CT molecular complexity index is 766. The van der Waals surface area contributed by atoms with Gasteiger partial charge in [0.1, 0.15) is 0 Å². The van der Waals surface area contributed by atoms with Crippen molar-refractivity contribution in [3.8, 4) is 11.1 Å². The Morgan fingerprint density at radius 2 is 1.74 bits per heavy atom. The molecule has 0 aliphatic heterocycles. The summed E-state index contributed by atoms with van der Waals surface area (Å²) in [6.07, 6.45) is 0.404. The molecule has 0 saturated carbocycles. The Kier molecular flexibility index (Phi) is 7.86. The van der Waals surface area contributed by atoms with Gasteiger partial charge in [-0.05, 0) is 55.3 Å². The molecule has 4 heteroatoms. The van der Waals surface area contributed by atoms with Crippen molar-refractivity contribution < 1.29 is 4.79 Å². The summed E-state index contributed by atoms with van der Waals surface area (Å²) in [7, 11) is 1.68. The Labute approximate surface area is 164 Å². The molecule has 2 N–H and O–H groups in total. The van der Waals surface area contributed by atoms with E-state index in [1.165, 1.54) is 22.3 Å². The molecule has 0 radical (unpaired) electrons. The lowest BCUT2D eigenvalue weighted by Crippen LogP contribution is -2.28. The van der Waals surface area contributed by atoms with Crippen LogP contribution in [-0.2, 0) is 11.2 Å². The highest BCUT2D eigenvalue weighted by molar-refractivity contribution is 5.86. The number of nitrogens with zero attached hydrogens (tertiary/aromatic N) is 1. The van der Waals surface area contributed by atoms with Gasteiger partial charge in [-0.3, -0.25) is 4.79 Å². The van der Waals surface area contributed by atoms with Gasteiger partial charge in [-0.15, -0.1) is 0 Å². The van der Waals surface area contributed by atoms with E-state index >= 15 is 0 Å². The minimum atomic E-state index is 0.0380. The van der Waals surface area contributed by atoms with Crippen molar-refractivity contribution in [3.05, 3.63) is 53.1 Å². The molecule has 27 heavy (non-hydrogen) atoms. The predicted octanol–water partition coefficient (Wildman–Crippen LogP) is 4.01. The first kappa shape index (κ1) is 21.0. The number of hydrogen-bond donors (Lipinski definition) is 2. The highest BCUT2D eigenvalue weighted by Crippen LogP contribution is 2.35. The summed E-state index contributed by atoms with van der Waals surface area (Å²) in [6, 6.07) is 12.6. The van der Waals surface area contributed by atoms with Gasteiger partial charge >= 0.3 is 0 Å². The van der Waals surface area contributed by atoms with Crippen LogP contribution in [0.5, 0.6) is 0 Å². The normalized spacial score (nSPS) is 10.9. The van der Waals surface area contributed by atoms with Gasteiger partial charge in [0.25, 0.3) is 0 Å². The molecule has 146 valence electrons. The first-order chi connectivity index (χ1) is 13.0. The molecule has 0 aliphatic carbocycles. The van der Waals surface area contributed by atoms with Gasteiger partial charge in [0.2, 0.25) is 5.91 Å². The zero-order chi connectivity index (χ0) is 19.8. The summed E-state index contributed by atoms with van der Waals surface area (Å²) in [5, 5.41) is 6.36. The molecule has 0 aliphatic rings. The summed E-state index contributed by atoms with van der Waals surface area (Å²) in [5.41, 5.74) is 7.04. The Morgan fingerprint density at radius 3 is 2.37 bits per heavy atom. The van der Waals surface area contributed by atoms with Gasteiger partial charge < -0.3 is 15.5 Å². The topological polar surface area (TPSA) is 44.4 Å². The maximum Gasteiger partial charge on any atom is 0.224 e. The van der Waals surface area contributed by atoms with Crippen LogP contribution in [0.4, 0.5) is 5.69 Å². The Morgan fingerprint density at radius 1 is 1.04 bits per heavy atom. The van der Waals surface area contributed by atoms with E-state index in [9.17, 15) is 4.79 Å². The Balaban J connectivity index is 2.39. The lowest BCUT2D eigenvalue weighted by atomic mass is 9.91. The van der Waals surface area contributed by atoms with Gasteiger partial charge in [-0.25, -0.2) is 0 Å². The van der Waals surface area contributed by atoms with Gasteiger partial charge in [0.15, 0.2) is 0 Å². The van der Waals surface area contributed by atoms with Gasteiger partial charge in [-0.2, -0.15) is 0 Å². The van der Waals surface area contributed by atoms with Crippen molar-refractivity contribution in [2.24, 2.45) is 0 Å². The van der Waals surface area contributed by atoms with E-state index in [4.69, 9.17) is 0 Å². The van der Waals surface area contributed by atoms with Crippen LogP contribution in [0, 0.1) is 13.8 Å². The van der Waals surface area contributed by atoms with Gasteiger partial charge in [0, 0.05) is 31.4 Å². The molecule has 2 aromatic rings. The fourth-order valence-corrected chi connectivity index (χ4v) is 3.44. The second-order valence-electron chi connectivity index (χ2n) is 6.89. The fraction of sp³-hybridized carbons (Fsp3) is 0.435. The molecule has 0 atom stereocenters. The number of benzene rings is 2. The molecule has 0 fully saturated rings. The van der Waals surface area contributed by atoms with E-state index in [-0.39, 0.29) is 5.91 Å². The van der Waals surface area contributed by atoms with Crippen LogP contribution in [0.3, 0.4) is 0 Å². The second-order valence-corrected chi connectivity index (χ2v) is 6.89. The molecule has 1 amide bonds. The van der Waals surface area contributed by atoms with Crippen LogP contribution in [-0.4, -0.2) is 44.0 Å². The van der Waals surface area contributed by atoms with E-state index in [2.05, 4.69) is 79.6 Å². The molecule has 0 spiro atoms. The fourth-order valence-electron chi connectivity index (χ4n) is 3.44. The van der Waals surface area contributed by atoms with Crippen LogP contribution >= 0.6 is 0 Å². The molecule has 4 nitrogen and oxygen atoms in total. The number of amides is 1. The smallest absolute Gasteiger partial charge is 0.224 e. The highest BCUT2D eigenvalue weighted by atomic mass is 16.1.